The van der Waals surface area contributed by atoms with E-state index in [4.69, 9.17) is 4.98 Å². The van der Waals surface area contributed by atoms with E-state index in [0.29, 0.717) is 40.2 Å². The number of sulfone groups is 1. The number of benzene rings is 1. The van der Waals surface area contributed by atoms with Gasteiger partial charge in [0.2, 0.25) is 0 Å². The van der Waals surface area contributed by atoms with E-state index in [1.807, 2.05) is 56.6 Å². The second-order valence-electron chi connectivity index (χ2n) is 9.42. The molecule has 10 heteroatoms. The lowest BCUT2D eigenvalue weighted by molar-refractivity contribution is 0.102. The van der Waals surface area contributed by atoms with Crippen LogP contribution in [0.15, 0.2) is 42.6 Å². The molecule has 1 atom stereocenters. The molecule has 1 aliphatic heterocycles. The van der Waals surface area contributed by atoms with Gasteiger partial charge in [0.1, 0.15) is 5.82 Å². The van der Waals surface area contributed by atoms with Crippen molar-refractivity contribution in [2.24, 2.45) is 0 Å². The molecule has 0 saturated carbocycles. The van der Waals surface area contributed by atoms with Crippen molar-refractivity contribution in [3.8, 4) is 11.3 Å². The van der Waals surface area contributed by atoms with Gasteiger partial charge in [-0.15, -0.1) is 0 Å². The fraction of sp³-hybridized carbons (Fsp3) is 0.360. The Morgan fingerprint density at radius 3 is 2.63 bits per heavy atom. The predicted molar refractivity (Wildman–Crippen MR) is 135 cm³/mol. The maximum Gasteiger partial charge on any atom is 0.257 e. The summed E-state index contributed by atoms with van der Waals surface area (Å²) in [7, 11) is -3.10. The lowest BCUT2D eigenvalue weighted by Crippen LogP contribution is -2.20. The number of nitrogens with one attached hydrogen (secondary N) is 1. The van der Waals surface area contributed by atoms with Crippen molar-refractivity contribution in [3.63, 3.8) is 0 Å². The number of carbonyl (C=O) groups excluding carboxylic acids is 1. The van der Waals surface area contributed by atoms with Crippen molar-refractivity contribution in [1.29, 1.82) is 0 Å². The Labute approximate surface area is 204 Å². The molecule has 4 aromatic rings. The molecule has 0 aliphatic carbocycles. The average molecular weight is 493 g/mol. The Bertz CT molecular complexity index is 1550. The van der Waals surface area contributed by atoms with E-state index >= 15 is 0 Å². The predicted octanol–water partition coefficient (Wildman–Crippen LogP) is 4.10. The topological polar surface area (TPSA) is 112 Å². The standard InChI is InChI=1S/C25H28N6O3S/c1-15(2)30-24-21(13-26-30)20(12-22(27-24)19-8-6-5-7-16(19)3)25(32)28-23-11-17(4)29-31(23)18-9-10-35(33,34)14-18/h5-8,11-13,15,18H,9-10,14H2,1-4H3,(H,28,32). The van der Waals surface area contributed by atoms with Crippen LogP contribution in [-0.2, 0) is 9.84 Å². The van der Waals surface area contributed by atoms with Crippen molar-refractivity contribution in [3.05, 3.63) is 59.4 Å². The summed E-state index contributed by atoms with van der Waals surface area (Å²) in [5, 5.41) is 12.6. The summed E-state index contributed by atoms with van der Waals surface area (Å²) in [4.78, 5) is 18.5. The number of carbonyl (C=O) groups is 1. The summed E-state index contributed by atoms with van der Waals surface area (Å²) in [5.41, 5.74) is 4.48. The molecular weight excluding hydrogens is 464 g/mol. The minimum atomic E-state index is -3.10. The molecule has 1 unspecified atom stereocenters. The summed E-state index contributed by atoms with van der Waals surface area (Å²) in [6.07, 6.45) is 2.15. The lowest BCUT2D eigenvalue weighted by atomic mass is 10.0. The zero-order valence-electron chi connectivity index (χ0n) is 20.2. The zero-order chi connectivity index (χ0) is 24.9. The highest BCUT2D eigenvalue weighted by Gasteiger charge is 2.31. The summed E-state index contributed by atoms with van der Waals surface area (Å²) < 4.78 is 27.5. The highest BCUT2D eigenvalue weighted by atomic mass is 32.2. The van der Waals surface area contributed by atoms with Crippen molar-refractivity contribution < 1.29 is 13.2 Å². The molecule has 1 amide bonds. The van der Waals surface area contributed by atoms with Crippen LogP contribution in [0.1, 0.15) is 54.0 Å². The molecule has 1 N–H and O–H groups in total. The van der Waals surface area contributed by atoms with E-state index in [1.54, 1.807) is 23.0 Å². The van der Waals surface area contributed by atoms with Gasteiger partial charge in [0.05, 0.1) is 46.1 Å². The number of nitrogens with zero attached hydrogens (tertiary/aromatic N) is 5. The SMILES string of the molecule is Cc1cc(NC(=O)c2cc(-c3ccccc3C)nc3c2cnn3C(C)C)n(C2CCS(=O)(=O)C2)n1. The molecule has 0 bridgehead atoms. The quantitative estimate of drug-likeness (QED) is 0.449. The fourth-order valence-electron chi connectivity index (χ4n) is 4.62. The number of aryl methyl sites for hydroxylation is 2. The van der Waals surface area contributed by atoms with Crippen LogP contribution in [-0.4, -0.2) is 50.4 Å². The van der Waals surface area contributed by atoms with Crippen molar-refractivity contribution in [1.82, 2.24) is 24.5 Å². The molecular formula is C25H28N6O3S. The largest absolute Gasteiger partial charge is 0.307 e. The third kappa shape index (κ3) is 4.34. The summed E-state index contributed by atoms with van der Waals surface area (Å²) in [6, 6.07) is 11.2. The molecule has 182 valence electrons. The van der Waals surface area contributed by atoms with Gasteiger partial charge in [-0.2, -0.15) is 10.2 Å². The van der Waals surface area contributed by atoms with Gasteiger partial charge in [-0.3, -0.25) is 4.79 Å². The second-order valence-corrected chi connectivity index (χ2v) is 11.6. The van der Waals surface area contributed by atoms with Crippen molar-refractivity contribution >= 4 is 32.6 Å². The Morgan fingerprint density at radius 2 is 1.94 bits per heavy atom. The molecule has 1 aliphatic rings. The lowest BCUT2D eigenvalue weighted by Gasteiger charge is -2.15. The van der Waals surface area contributed by atoms with Crippen LogP contribution in [0.2, 0.25) is 0 Å². The highest BCUT2D eigenvalue weighted by molar-refractivity contribution is 7.91. The molecule has 1 fully saturated rings. The van der Waals surface area contributed by atoms with Gasteiger partial charge in [0, 0.05) is 17.7 Å². The first-order valence-electron chi connectivity index (χ1n) is 11.6. The average Bonchev–Trinajstić information content (AvgIpc) is 3.49. The van der Waals surface area contributed by atoms with E-state index < -0.39 is 9.84 Å². The number of aromatic nitrogens is 5. The maximum atomic E-state index is 13.6. The molecule has 35 heavy (non-hydrogen) atoms. The Morgan fingerprint density at radius 1 is 1.17 bits per heavy atom. The minimum absolute atomic E-state index is 0.0229. The van der Waals surface area contributed by atoms with Crippen molar-refractivity contribution in [2.75, 3.05) is 16.8 Å². The van der Waals surface area contributed by atoms with Gasteiger partial charge in [-0.25, -0.2) is 22.8 Å². The van der Waals surface area contributed by atoms with E-state index in [0.717, 1.165) is 11.1 Å². The first-order chi connectivity index (χ1) is 16.6. The van der Waals surface area contributed by atoms with E-state index in [2.05, 4.69) is 15.5 Å². The number of hydrogen-bond acceptors (Lipinski definition) is 6. The molecule has 0 radical (unpaired) electrons. The van der Waals surface area contributed by atoms with Gasteiger partial charge in [-0.1, -0.05) is 24.3 Å². The fourth-order valence-corrected chi connectivity index (χ4v) is 6.31. The maximum absolute atomic E-state index is 13.6. The van der Waals surface area contributed by atoms with E-state index in [-0.39, 0.29) is 29.5 Å². The van der Waals surface area contributed by atoms with Gasteiger partial charge >= 0.3 is 0 Å². The van der Waals surface area contributed by atoms with Crippen LogP contribution in [0.4, 0.5) is 5.82 Å². The van der Waals surface area contributed by atoms with Gasteiger partial charge in [-0.05, 0) is 45.7 Å². The Hall–Kier alpha value is -3.53. The molecule has 5 rings (SSSR count). The monoisotopic (exact) mass is 492 g/mol. The number of fused-ring (bicyclic) bond motifs is 1. The molecule has 3 aromatic heterocycles. The summed E-state index contributed by atoms with van der Waals surface area (Å²) in [5.74, 6) is 0.309. The number of pyridine rings is 1. The molecule has 9 nitrogen and oxygen atoms in total. The van der Waals surface area contributed by atoms with E-state index in [9.17, 15) is 13.2 Å². The Balaban J connectivity index is 1.59. The van der Waals surface area contributed by atoms with Crippen LogP contribution in [0, 0.1) is 13.8 Å². The van der Waals surface area contributed by atoms with Crippen LogP contribution < -0.4 is 5.32 Å². The molecule has 4 heterocycles. The first-order valence-corrected chi connectivity index (χ1v) is 13.5. The van der Waals surface area contributed by atoms with Crippen LogP contribution in [0.25, 0.3) is 22.3 Å². The molecule has 1 aromatic carbocycles. The first kappa shape index (κ1) is 23.2. The van der Waals surface area contributed by atoms with Crippen molar-refractivity contribution in [2.45, 2.75) is 46.2 Å². The van der Waals surface area contributed by atoms with Crippen LogP contribution in [0.3, 0.4) is 0 Å². The van der Waals surface area contributed by atoms with Crippen LogP contribution in [0.5, 0.6) is 0 Å². The highest BCUT2D eigenvalue weighted by Crippen LogP contribution is 2.30. The van der Waals surface area contributed by atoms with Gasteiger partial charge in [0.15, 0.2) is 15.5 Å². The molecule has 0 spiro atoms. The number of hydrogen-bond donors (Lipinski definition) is 1. The molecule has 1 saturated heterocycles. The summed E-state index contributed by atoms with van der Waals surface area (Å²) >= 11 is 0. The smallest absolute Gasteiger partial charge is 0.257 e. The van der Waals surface area contributed by atoms with E-state index in [1.165, 1.54) is 0 Å². The van der Waals surface area contributed by atoms with Crippen LogP contribution >= 0.6 is 0 Å². The van der Waals surface area contributed by atoms with Gasteiger partial charge in [0.25, 0.3) is 5.91 Å². The summed E-state index contributed by atoms with van der Waals surface area (Å²) in [6.45, 7) is 7.87. The minimum Gasteiger partial charge on any atom is -0.307 e. The van der Waals surface area contributed by atoms with Gasteiger partial charge < -0.3 is 5.32 Å². The third-order valence-corrected chi connectivity index (χ3v) is 8.13. The normalized spacial score (nSPS) is 17.3. The Kier molecular flexibility index (Phi) is 5.71. The second kappa shape index (κ2) is 8.60. The number of amides is 1. The third-order valence-electron chi connectivity index (χ3n) is 6.38. The number of anilines is 1. The number of rotatable bonds is 5. The zero-order valence-corrected chi connectivity index (χ0v) is 21.0.